The summed E-state index contributed by atoms with van der Waals surface area (Å²) in [6.45, 7) is 2.81. The van der Waals surface area contributed by atoms with Crippen molar-refractivity contribution < 1.29 is 9.53 Å². The summed E-state index contributed by atoms with van der Waals surface area (Å²) in [6, 6.07) is 22.2. The number of nitrogens with zero attached hydrogens (tertiary/aromatic N) is 3. The van der Waals surface area contributed by atoms with Crippen LogP contribution in [-0.2, 0) is 11.3 Å². The molecule has 0 bridgehead atoms. The Bertz CT molecular complexity index is 1130. The highest BCUT2D eigenvalue weighted by molar-refractivity contribution is 5.96. The third-order valence-corrected chi connectivity index (χ3v) is 4.69. The minimum Gasteiger partial charge on any atom is -0.492 e. The Hall–Kier alpha value is -3.71. The fourth-order valence-corrected chi connectivity index (χ4v) is 3.27. The lowest BCUT2D eigenvalue weighted by Gasteiger charge is -2.19. The summed E-state index contributed by atoms with van der Waals surface area (Å²) in [5.41, 5.74) is 2.26. The zero-order valence-corrected chi connectivity index (χ0v) is 16.7. The molecule has 7 nitrogen and oxygen atoms in total. The minimum absolute atomic E-state index is 0.179. The van der Waals surface area contributed by atoms with Crippen LogP contribution >= 0.6 is 0 Å². The van der Waals surface area contributed by atoms with Crippen molar-refractivity contribution in [1.29, 1.82) is 0 Å². The number of pyridine rings is 1. The van der Waals surface area contributed by atoms with Gasteiger partial charge in [-0.05, 0) is 36.8 Å². The van der Waals surface area contributed by atoms with Crippen LogP contribution in [0.15, 0.2) is 79.0 Å². The van der Waals surface area contributed by atoms with Gasteiger partial charge in [0, 0.05) is 6.20 Å². The van der Waals surface area contributed by atoms with Crippen LogP contribution in [0.3, 0.4) is 0 Å². The molecule has 1 unspecified atom stereocenters. The molecule has 4 aromatic rings. The van der Waals surface area contributed by atoms with Crippen LogP contribution in [0.2, 0.25) is 0 Å². The number of para-hydroxylation sites is 2. The van der Waals surface area contributed by atoms with Gasteiger partial charge in [0.1, 0.15) is 11.8 Å². The number of aromatic nitrogens is 3. The lowest BCUT2D eigenvalue weighted by Crippen LogP contribution is -2.33. The first-order valence-corrected chi connectivity index (χ1v) is 9.86. The van der Waals surface area contributed by atoms with Gasteiger partial charge in [-0.1, -0.05) is 48.5 Å². The van der Waals surface area contributed by atoms with Gasteiger partial charge in [0.05, 0.1) is 18.8 Å². The van der Waals surface area contributed by atoms with E-state index in [0.29, 0.717) is 24.6 Å². The number of carbonyl (C=O) groups is 1. The minimum atomic E-state index is -0.572. The largest absolute Gasteiger partial charge is 0.492 e. The molecule has 0 radical (unpaired) electrons. The lowest BCUT2D eigenvalue weighted by molar-refractivity contribution is -0.118. The van der Waals surface area contributed by atoms with Crippen molar-refractivity contribution in [3.05, 3.63) is 90.4 Å². The number of ether oxygens (including phenoxy) is 1. The van der Waals surface area contributed by atoms with Gasteiger partial charge in [-0.15, -0.1) is 10.2 Å². The molecule has 0 fully saturated rings. The molecule has 0 spiro atoms. The van der Waals surface area contributed by atoms with Gasteiger partial charge >= 0.3 is 0 Å². The molecular formula is C23H23N5O2. The molecule has 30 heavy (non-hydrogen) atoms. The SMILES string of the molecule is CCOc1ccccc1NC(=O)C(NCc1nnc2ccccn12)c1ccccc1. The average molecular weight is 401 g/mol. The predicted molar refractivity (Wildman–Crippen MR) is 115 cm³/mol. The molecule has 1 atom stereocenters. The van der Waals surface area contributed by atoms with Crippen molar-refractivity contribution in [2.24, 2.45) is 0 Å². The average Bonchev–Trinajstić information content (AvgIpc) is 3.19. The summed E-state index contributed by atoms with van der Waals surface area (Å²) < 4.78 is 7.53. The summed E-state index contributed by atoms with van der Waals surface area (Å²) in [5, 5.41) is 14.7. The maximum Gasteiger partial charge on any atom is 0.246 e. The van der Waals surface area contributed by atoms with Crippen LogP contribution in [0.1, 0.15) is 24.4 Å². The monoisotopic (exact) mass is 401 g/mol. The molecule has 2 N–H and O–H groups in total. The molecule has 0 saturated carbocycles. The van der Waals surface area contributed by atoms with E-state index < -0.39 is 6.04 Å². The van der Waals surface area contributed by atoms with E-state index >= 15 is 0 Å². The molecule has 1 amide bonds. The fourth-order valence-electron chi connectivity index (χ4n) is 3.27. The highest BCUT2D eigenvalue weighted by Gasteiger charge is 2.22. The molecule has 2 aromatic carbocycles. The number of hydrogen-bond acceptors (Lipinski definition) is 5. The maximum atomic E-state index is 13.2. The van der Waals surface area contributed by atoms with E-state index in [-0.39, 0.29) is 5.91 Å². The third-order valence-electron chi connectivity index (χ3n) is 4.69. The van der Waals surface area contributed by atoms with E-state index in [9.17, 15) is 4.79 Å². The molecule has 0 saturated heterocycles. The second-order valence-electron chi connectivity index (χ2n) is 6.69. The van der Waals surface area contributed by atoms with Crippen molar-refractivity contribution in [3.63, 3.8) is 0 Å². The second-order valence-corrected chi connectivity index (χ2v) is 6.69. The van der Waals surface area contributed by atoms with Crippen molar-refractivity contribution in [2.45, 2.75) is 19.5 Å². The molecule has 2 aromatic heterocycles. The number of carbonyl (C=O) groups excluding carboxylic acids is 1. The van der Waals surface area contributed by atoms with Gasteiger partial charge in [-0.25, -0.2) is 0 Å². The number of hydrogen-bond donors (Lipinski definition) is 2. The van der Waals surface area contributed by atoms with Crippen molar-refractivity contribution in [2.75, 3.05) is 11.9 Å². The molecule has 0 aliphatic carbocycles. The topological polar surface area (TPSA) is 80.5 Å². The van der Waals surface area contributed by atoms with Gasteiger partial charge in [-0.2, -0.15) is 0 Å². The van der Waals surface area contributed by atoms with Crippen molar-refractivity contribution in [3.8, 4) is 5.75 Å². The number of nitrogens with one attached hydrogen (secondary N) is 2. The van der Waals surface area contributed by atoms with E-state index in [1.165, 1.54) is 0 Å². The number of benzene rings is 2. The Morgan fingerprint density at radius 1 is 1.00 bits per heavy atom. The van der Waals surface area contributed by atoms with E-state index in [1.54, 1.807) is 0 Å². The number of amides is 1. The predicted octanol–water partition coefficient (Wildman–Crippen LogP) is 3.60. The number of anilines is 1. The Kier molecular flexibility index (Phi) is 6.01. The van der Waals surface area contributed by atoms with Crippen LogP contribution in [0.4, 0.5) is 5.69 Å². The third kappa shape index (κ3) is 4.31. The number of rotatable bonds is 8. The smallest absolute Gasteiger partial charge is 0.246 e. The van der Waals surface area contributed by atoms with E-state index in [0.717, 1.165) is 17.0 Å². The Balaban J connectivity index is 1.56. The standard InChI is InChI=1S/C23H23N5O2/c1-2-30-19-13-7-6-12-18(19)25-23(29)22(17-10-4-3-5-11-17)24-16-21-27-26-20-14-8-9-15-28(20)21/h3-15,22,24H,2,16H2,1H3,(H,25,29). The van der Waals surface area contributed by atoms with Crippen LogP contribution in [0.25, 0.3) is 5.65 Å². The lowest BCUT2D eigenvalue weighted by atomic mass is 10.1. The summed E-state index contributed by atoms with van der Waals surface area (Å²) in [5.74, 6) is 1.19. The molecule has 2 heterocycles. The first kappa shape index (κ1) is 19.6. The Morgan fingerprint density at radius 3 is 2.60 bits per heavy atom. The van der Waals surface area contributed by atoms with Gasteiger partial charge in [0.2, 0.25) is 5.91 Å². The summed E-state index contributed by atoms with van der Waals surface area (Å²) in [4.78, 5) is 13.2. The summed E-state index contributed by atoms with van der Waals surface area (Å²) in [7, 11) is 0. The first-order valence-electron chi connectivity index (χ1n) is 9.86. The molecule has 7 heteroatoms. The van der Waals surface area contributed by atoms with Gasteiger partial charge < -0.3 is 10.1 Å². The zero-order valence-electron chi connectivity index (χ0n) is 16.7. The highest BCUT2D eigenvalue weighted by Crippen LogP contribution is 2.25. The molecule has 152 valence electrons. The van der Waals surface area contributed by atoms with Crippen LogP contribution in [0.5, 0.6) is 5.75 Å². The fraction of sp³-hybridized carbons (Fsp3) is 0.174. The van der Waals surface area contributed by atoms with Gasteiger partial charge in [0.25, 0.3) is 0 Å². The van der Waals surface area contributed by atoms with Crippen molar-refractivity contribution >= 4 is 17.2 Å². The second kappa shape index (κ2) is 9.19. The number of fused-ring (bicyclic) bond motifs is 1. The van der Waals surface area contributed by atoms with E-state index in [1.807, 2.05) is 90.3 Å². The highest BCUT2D eigenvalue weighted by atomic mass is 16.5. The quantitative estimate of drug-likeness (QED) is 0.472. The Morgan fingerprint density at radius 2 is 1.77 bits per heavy atom. The van der Waals surface area contributed by atoms with Crippen LogP contribution in [0, 0.1) is 0 Å². The van der Waals surface area contributed by atoms with Gasteiger partial charge in [0.15, 0.2) is 11.5 Å². The van der Waals surface area contributed by atoms with Crippen LogP contribution < -0.4 is 15.4 Å². The van der Waals surface area contributed by atoms with Gasteiger partial charge in [-0.3, -0.25) is 14.5 Å². The normalized spacial score (nSPS) is 11.9. The molecule has 0 aliphatic rings. The molecular weight excluding hydrogens is 378 g/mol. The van der Waals surface area contributed by atoms with Crippen molar-refractivity contribution in [1.82, 2.24) is 19.9 Å². The molecule has 0 aliphatic heterocycles. The maximum absolute atomic E-state index is 13.2. The van der Waals surface area contributed by atoms with E-state index in [4.69, 9.17) is 4.74 Å². The first-order chi connectivity index (χ1) is 14.8. The summed E-state index contributed by atoms with van der Waals surface area (Å²) >= 11 is 0. The zero-order chi connectivity index (χ0) is 20.8. The van der Waals surface area contributed by atoms with E-state index in [2.05, 4.69) is 20.8 Å². The van der Waals surface area contributed by atoms with Crippen LogP contribution in [-0.4, -0.2) is 27.1 Å². The summed E-state index contributed by atoms with van der Waals surface area (Å²) in [6.07, 6.45) is 1.91. The molecule has 4 rings (SSSR count). The Labute approximate surface area is 174 Å².